The lowest BCUT2D eigenvalue weighted by atomic mass is 10.2. The van der Waals surface area contributed by atoms with Crippen molar-refractivity contribution in [1.29, 1.82) is 0 Å². The van der Waals surface area contributed by atoms with Gasteiger partial charge < -0.3 is 5.01 Å². The SMILES string of the molecule is Cc1ccc(/C=N\N(C)C)cc1. The van der Waals surface area contributed by atoms with E-state index in [0.29, 0.717) is 0 Å². The molecule has 12 heavy (non-hydrogen) atoms. The van der Waals surface area contributed by atoms with Crippen LogP contribution in [0.15, 0.2) is 29.4 Å². The number of nitrogens with zero attached hydrogens (tertiary/aromatic N) is 2. The fourth-order valence-corrected chi connectivity index (χ4v) is 0.835. The zero-order valence-electron chi connectivity index (χ0n) is 7.78. The molecular weight excluding hydrogens is 148 g/mol. The first-order valence-electron chi connectivity index (χ1n) is 3.96. The van der Waals surface area contributed by atoms with Crippen LogP contribution in [0.5, 0.6) is 0 Å². The van der Waals surface area contributed by atoms with Crippen LogP contribution in [0.25, 0.3) is 0 Å². The summed E-state index contributed by atoms with van der Waals surface area (Å²) >= 11 is 0. The zero-order chi connectivity index (χ0) is 8.97. The number of aryl methyl sites for hydroxylation is 1. The molecule has 0 spiro atoms. The maximum atomic E-state index is 4.13. The van der Waals surface area contributed by atoms with Gasteiger partial charge in [0.25, 0.3) is 0 Å². The average molecular weight is 162 g/mol. The summed E-state index contributed by atoms with van der Waals surface area (Å²) in [5, 5.41) is 5.91. The van der Waals surface area contributed by atoms with Gasteiger partial charge in [-0.05, 0) is 12.5 Å². The smallest absolute Gasteiger partial charge is 0.0542 e. The molecule has 1 aromatic carbocycles. The minimum Gasteiger partial charge on any atom is -0.303 e. The van der Waals surface area contributed by atoms with Crippen LogP contribution in [0, 0.1) is 6.92 Å². The monoisotopic (exact) mass is 162 g/mol. The van der Waals surface area contributed by atoms with Crippen molar-refractivity contribution in [2.24, 2.45) is 5.10 Å². The van der Waals surface area contributed by atoms with Crippen LogP contribution in [0.3, 0.4) is 0 Å². The predicted octanol–water partition coefficient (Wildman–Crippen LogP) is 1.89. The Bertz CT molecular complexity index is 260. The minimum atomic E-state index is 1.13. The van der Waals surface area contributed by atoms with E-state index >= 15 is 0 Å². The first-order chi connectivity index (χ1) is 5.68. The molecule has 0 bridgehead atoms. The molecule has 0 aromatic heterocycles. The molecule has 2 heteroatoms. The van der Waals surface area contributed by atoms with E-state index in [1.54, 1.807) is 5.01 Å². The largest absolute Gasteiger partial charge is 0.303 e. The average Bonchev–Trinajstić information content (AvgIpc) is 2.03. The molecule has 0 heterocycles. The summed E-state index contributed by atoms with van der Waals surface area (Å²) in [5.41, 5.74) is 2.41. The second kappa shape index (κ2) is 3.90. The summed E-state index contributed by atoms with van der Waals surface area (Å²) in [7, 11) is 3.81. The Morgan fingerprint density at radius 1 is 1.17 bits per heavy atom. The summed E-state index contributed by atoms with van der Waals surface area (Å²) in [6.07, 6.45) is 1.85. The molecule has 0 unspecified atom stereocenters. The predicted molar refractivity (Wildman–Crippen MR) is 52.5 cm³/mol. The van der Waals surface area contributed by atoms with E-state index < -0.39 is 0 Å². The molecular formula is C10H14N2. The van der Waals surface area contributed by atoms with Gasteiger partial charge in [-0.15, -0.1) is 0 Å². The molecule has 0 N–H and O–H groups in total. The van der Waals surface area contributed by atoms with Crippen LogP contribution in [-0.4, -0.2) is 25.3 Å². The Labute approximate surface area is 73.5 Å². The third-order valence-corrected chi connectivity index (χ3v) is 1.52. The van der Waals surface area contributed by atoms with Gasteiger partial charge in [-0.3, -0.25) is 0 Å². The first-order valence-corrected chi connectivity index (χ1v) is 3.96. The van der Waals surface area contributed by atoms with Gasteiger partial charge in [0, 0.05) is 14.1 Å². The number of hydrogen-bond donors (Lipinski definition) is 0. The van der Waals surface area contributed by atoms with Crippen LogP contribution >= 0.6 is 0 Å². The van der Waals surface area contributed by atoms with E-state index in [4.69, 9.17) is 0 Å². The zero-order valence-corrected chi connectivity index (χ0v) is 7.78. The molecule has 0 aliphatic rings. The molecule has 2 nitrogen and oxygen atoms in total. The van der Waals surface area contributed by atoms with Crippen LogP contribution in [-0.2, 0) is 0 Å². The van der Waals surface area contributed by atoms with Crippen molar-refractivity contribution in [3.8, 4) is 0 Å². The molecule has 0 fully saturated rings. The molecule has 0 saturated heterocycles. The van der Waals surface area contributed by atoms with Crippen molar-refractivity contribution in [2.45, 2.75) is 6.92 Å². The van der Waals surface area contributed by atoms with E-state index in [-0.39, 0.29) is 0 Å². The molecule has 0 saturated carbocycles. The Kier molecular flexibility index (Phi) is 2.86. The maximum Gasteiger partial charge on any atom is 0.0542 e. The van der Waals surface area contributed by atoms with Crippen LogP contribution < -0.4 is 0 Å². The van der Waals surface area contributed by atoms with E-state index in [1.807, 2.05) is 20.3 Å². The highest BCUT2D eigenvalue weighted by Crippen LogP contribution is 2.00. The van der Waals surface area contributed by atoms with Gasteiger partial charge in [0.1, 0.15) is 0 Å². The molecule has 0 aliphatic heterocycles. The summed E-state index contributed by atoms with van der Waals surface area (Å²) < 4.78 is 0. The Hall–Kier alpha value is -1.31. The summed E-state index contributed by atoms with van der Waals surface area (Å²) in [6, 6.07) is 8.28. The highest BCUT2D eigenvalue weighted by Gasteiger charge is 1.86. The fourth-order valence-electron chi connectivity index (χ4n) is 0.835. The van der Waals surface area contributed by atoms with Gasteiger partial charge in [-0.2, -0.15) is 5.10 Å². The number of rotatable bonds is 2. The number of hydrazone groups is 1. The van der Waals surface area contributed by atoms with Gasteiger partial charge in [0.05, 0.1) is 6.21 Å². The topological polar surface area (TPSA) is 15.6 Å². The van der Waals surface area contributed by atoms with Gasteiger partial charge in [0.15, 0.2) is 0 Å². The van der Waals surface area contributed by atoms with Crippen molar-refractivity contribution in [3.05, 3.63) is 35.4 Å². The molecule has 1 aromatic rings. The van der Waals surface area contributed by atoms with E-state index in [9.17, 15) is 0 Å². The summed E-state index contributed by atoms with van der Waals surface area (Å²) in [6.45, 7) is 2.08. The standard InChI is InChI=1S/C10H14N2/c1-9-4-6-10(7-5-9)8-11-12(2)3/h4-8H,1-3H3/b11-8-. The van der Waals surface area contributed by atoms with Crippen molar-refractivity contribution < 1.29 is 0 Å². The summed E-state index contributed by atoms with van der Waals surface area (Å²) in [5.74, 6) is 0. The minimum absolute atomic E-state index is 1.13. The van der Waals surface area contributed by atoms with Gasteiger partial charge >= 0.3 is 0 Å². The van der Waals surface area contributed by atoms with Crippen LogP contribution in [0.4, 0.5) is 0 Å². The van der Waals surface area contributed by atoms with Crippen molar-refractivity contribution in [3.63, 3.8) is 0 Å². The Morgan fingerprint density at radius 2 is 1.75 bits per heavy atom. The molecule has 0 atom stereocenters. The van der Waals surface area contributed by atoms with Gasteiger partial charge in [0.2, 0.25) is 0 Å². The third-order valence-electron chi connectivity index (χ3n) is 1.52. The number of benzene rings is 1. The molecule has 0 amide bonds. The normalized spacial score (nSPS) is 10.6. The first kappa shape index (κ1) is 8.78. The van der Waals surface area contributed by atoms with E-state index in [0.717, 1.165) is 5.56 Å². The van der Waals surface area contributed by atoms with Crippen LogP contribution in [0.1, 0.15) is 11.1 Å². The lowest BCUT2D eigenvalue weighted by Crippen LogP contribution is -2.01. The Morgan fingerprint density at radius 3 is 2.25 bits per heavy atom. The van der Waals surface area contributed by atoms with Crippen molar-refractivity contribution in [2.75, 3.05) is 14.1 Å². The lowest BCUT2D eigenvalue weighted by molar-refractivity contribution is 0.440. The Balaban J connectivity index is 2.71. The highest BCUT2D eigenvalue weighted by atomic mass is 15.4. The molecule has 64 valence electrons. The van der Waals surface area contributed by atoms with Gasteiger partial charge in [-0.1, -0.05) is 29.8 Å². The quantitative estimate of drug-likeness (QED) is 0.479. The second-order valence-corrected chi connectivity index (χ2v) is 3.00. The molecule has 0 aliphatic carbocycles. The van der Waals surface area contributed by atoms with Crippen LogP contribution in [0.2, 0.25) is 0 Å². The van der Waals surface area contributed by atoms with Crippen molar-refractivity contribution in [1.82, 2.24) is 5.01 Å². The number of hydrogen-bond acceptors (Lipinski definition) is 2. The summed E-state index contributed by atoms with van der Waals surface area (Å²) in [4.78, 5) is 0. The lowest BCUT2D eigenvalue weighted by Gasteiger charge is -2.02. The molecule has 0 radical (unpaired) electrons. The van der Waals surface area contributed by atoms with E-state index in [2.05, 4.69) is 36.3 Å². The highest BCUT2D eigenvalue weighted by molar-refractivity contribution is 5.79. The third kappa shape index (κ3) is 2.74. The second-order valence-electron chi connectivity index (χ2n) is 3.00. The van der Waals surface area contributed by atoms with Crippen molar-refractivity contribution >= 4 is 6.21 Å². The van der Waals surface area contributed by atoms with Gasteiger partial charge in [-0.25, -0.2) is 0 Å². The maximum absolute atomic E-state index is 4.13. The fraction of sp³-hybridized carbons (Fsp3) is 0.300. The van der Waals surface area contributed by atoms with E-state index in [1.165, 1.54) is 5.56 Å². The molecule has 1 rings (SSSR count).